The van der Waals surface area contributed by atoms with Gasteiger partial charge in [0.25, 0.3) is 0 Å². The SMILES string of the molecule is Cc1cc(-c2nc(N)c(I)c(C3CCCC3)n2)c(C)s1. The quantitative estimate of drug-likeness (QED) is 0.747. The van der Waals surface area contributed by atoms with E-state index in [4.69, 9.17) is 10.7 Å². The summed E-state index contributed by atoms with van der Waals surface area (Å²) in [7, 11) is 0. The molecule has 0 aliphatic heterocycles. The molecule has 2 aromatic rings. The monoisotopic (exact) mass is 399 g/mol. The van der Waals surface area contributed by atoms with Gasteiger partial charge in [0.2, 0.25) is 0 Å². The van der Waals surface area contributed by atoms with Crippen LogP contribution in [0.1, 0.15) is 47.0 Å². The second-order valence-corrected chi connectivity index (χ2v) is 7.98. The first-order valence-corrected chi connectivity index (χ1v) is 8.86. The molecule has 106 valence electrons. The van der Waals surface area contributed by atoms with E-state index in [2.05, 4.69) is 47.5 Å². The van der Waals surface area contributed by atoms with Crippen molar-refractivity contribution < 1.29 is 0 Å². The molecule has 20 heavy (non-hydrogen) atoms. The zero-order valence-electron chi connectivity index (χ0n) is 11.7. The first-order chi connectivity index (χ1) is 9.56. The smallest absolute Gasteiger partial charge is 0.162 e. The van der Waals surface area contributed by atoms with Crippen molar-refractivity contribution >= 4 is 39.7 Å². The molecule has 3 nitrogen and oxygen atoms in total. The molecule has 0 atom stereocenters. The van der Waals surface area contributed by atoms with Crippen LogP contribution in [0.15, 0.2) is 6.07 Å². The zero-order chi connectivity index (χ0) is 14.3. The number of hydrogen-bond donors (Lipinski definition) is 1. The highest BCUT2D eigenvalue weighted by molar-refractivity contribution is 14.1. The molecule has 0 saturated heterocycles. The third-order valence-electron chi connectivity index (χ3n) is 3.93. The van der Waals surface area contributed by atoms with E-state index in [1.807, 2.05) is 0 Å². The maximum absolute atomic E-state index is 6.13. The van der Waals surface area contributed by atoms with Gasteiger partial charge in [0.1, 0.15) is 5.82 Å². The third-order valence-corrected chi connectivity index (χ3v) is 6.00. The van der Waals surface area contributed by atoms with E-state index >= 15 is 0 Å². The van der Waals surface area contributed by atoms with E-state index in [0.29, 0.717) is 11.7 Å². The number of rotatable bonds is 2. The van der Waals surface area contributed by atoms with Crippen molar-refractivity contribution in [2.75, 3.05) is 5.73 Å². The van der Waals surface area contributed by atoms with Gasteiger partial charge in [-0.15, -0.1) is 11.3 Å². The maximum Gasteiger partial charge on any atom is 0.162 e. The molecule has 5 heteroatoms. The van der Waals surface area contributed by atoms with Crippen LogP contribution in [0.5, 0.6) is 0 Å². The van der Waals surface area contributed by atoms with Crippen molar-refractivity contribution in [1.82, 2.24) is 9.97 Å². The molecule has 2 aromatic heterocycles. The van der Waals surface area contributed by atoms with Crippen LogP contribution in [0, 0.1) is 17.4 Å². The molecule has 3 rings (SSSR count). The Balaban J connectivity index is 2.10. The lowest BCUT2D eigenvalue weighted by atomic mass is 10.0. The Morgan fingerprint density at radius 2 is 1.95 bits per heavy atom. The molecule has 2 heterocycles. The van der Waals surface area contributed by atoms with E-state index in [0.717, 1.165) is 20.7 Å². The summed E-state index contributed by atoms with van der Waals surface area (Å²) in [5, 5.41) is 0. The van der Waals surface area contributed by atoms with Crippen LogP contribution < -0.4 is 5.73 Å². The van der Waals surface area contributed by atoms with E-state index in [-0.39, 0.29) is 0 Å². The number of nitrogens with zero attached hydrogens (tertiary/aromatic N) is 2. The minimum Gasteiger partial charge on any atom is -0.383 e. The van der Waals surface area contributed by atoms with E-state index in [9.17, 15) is 0 Å². The fraction of sp³-hybridized carbons (Fsp3) is 0.467. The number of aryl methyl sites for hydroxylation is 2. The van der Waals surface area contributed by atoms with Crippen molar-refractivity contribution in [2.24, 2.45) is 0 Å². The molecule has 2 N–H and O–H groups in total. The van der Waals surface area contributed by atoms with Gasteiger partial charge in [0.15, 0.2) is 5.82 Å². The summed E-state index contributed by atoms with van der Waals surface area (Å²) in [4.78, 5) is 11.9. The van der Waals surface area contributed by atoms with Crippen molar-refractivity contribution in [1.29, 1.82) is 0 Å². The Kier molecular flexibility index (Phi) is 3.99. The minimum atomic E-state index is 0.561. The van der Waals surface area contributed by atoms with Crippen LogP contribution in [0.2, 0.25) is 0 Å². The number of thiophene rings is 1. The van der Waals surface area contributed by atoms with E-state index in [1.54, 1.807) is 11.3 Å². The summed E-state index contributed by atoms with van der Waals surface area (Å²) in [6.07, 6.45) is 5.06. The van der Waals surface area contributed by atoms with Gasteiger partial charge in [-0.05, 0) is 55.3 Å². The summed E-state index contributed by atoms with van der Waals surface area (Å²) >= 11 is 4.09. The molecule has 1 aliphatic carbocycles. The summed E-state index contributed by atoms with van der Waals surface area (Å²) in [6.45, 7) is 4.24. The Morgan fingerprint density at radius 3 is 2.55 bits per heavy atom. The fourth-order valence-electron chi connectivity index (χ4n) is 2.93. The van der Waals surface area contributed by atoms with Crippen LogP contribution in [0.3, 0.4) is 0 Å². The van der Waals surface area contributed by atoms with Gasteiger partial charge in [-0.1, -0.05) is 12.8 Å². The van der Waals surface area contributed by atoms with Gasteiger partial charge in [0, 0.05) is 21.2 Å². The van der Waals surface area contributed by atoms with E-state index < -0.39 is 0 Å². The predicted octanol–water partition coefficient (Wildman–Crippen LogP) is 4.67. The topological polar surface area (TPSA) is 51.8 Å². The van der Waals surface area contributed by atoms with E-state index in [1.165, 1.54) is 35.4 Å². The number of nitrogens with two attached hydrogens (primary N) is 1. The molecule has 0 unspecified atom stereocenters. The summed E-state index contributed by atoms with van der Waals surface area (Å²) in [5.74, 6) is 1.98. The van der Waals surface area contributed by atoms with Crippen LogP contribution >= 0.6 is 33.9 Å². The first-order valence-electron chi connectivity index (χ1n) is 6.96. The molecule has 0 aromatic carbocycles. The maximum atomic E-state index is 6.13. The normalized spacial score (nSPS) is 15.9. The lowest BCUT2D eigenvalue weighted by molar-refractivity contribution is 0.691. The van der Waals surface area contributed by atoms with Crippen LogP contribution in [-0.4, -0.2) is 9.97 Å². The highest BCUT2D eigenvalue weighted by Crippen LogP contribution is 2.38. The van der Waals surface area contributed by atoms with Crippen molar-refractivity contribution in [3.63, 3.8) is 0 Å². The summed E-state index contributed by atoms with van der Waals surface area (Å²) < 4.78 is 1.04. The molecular formula is C15H18IN3S. The van der Waals surface area contributed by atoms with Gasteiger partial charge in [-0.2, -0.15) is 0 Å². The van der Waals surface area contributed by atoms with Crippen LogP contribution in [0.25, 0.3) is 11.4 Å². The fourth-order valence-corrected chi connectivity index (χ4v) is 4.53. The standard InChI is InChI=1S/C15H18IN3S/c1-8-7-11(9(2)20-8)15-18-13(10-5-3-4-6-10)12(16)14(17)19-15/h7,10H,3-6H2,1-2H3,(H2,17,18,19). The largest absolute Gasteiger partial charge is 0.383 e. The summed E-state index contributed by atoms with van der Waals surface area (Å²) in [5.41, 5.74) is 8.42. The zero-order valence-corrected chi connectivity index (χ0v) is 14.7. The number of halogens is 1. The van der Waals surface area contributed by atoms with Crippen molar-refractivity contribution in [3.8, 4) is 11.4 Å². The lowest BCUT2D eigenvalue weighted by Crippen LogP contribution is -2.08. The third kappa shape index (κ3) is 2.57. The molecule has 1 saturated carbocycles. The van der Waals surface area contributed by atoms with Crippen molar-refractivity contribution in [2.45, 2.75) is 45.4 Å². The van der Waals surface area contributed by atoms with Gasteiger partial charge >= 0.3 is 0 Å². The Bertz CT molecular complexity index is 645. The molecule has 1 aliphatic rings. The van der Waals surface area contributed by atoms with Crippen molar-refractivity contribution in [3.05, 3.63) is 25.1 Å². The molecule has 1 fully saturated rings. The Labute approximate surface area is 137 Å². The second kappa shape index (κ2) is 5.60. The second-order valence-electron chi connectivity index (χ2n) is 5.44. The molecule has 0 radical (unpaired) electrons. The van der Waals surface area contributed by atoms with Gasteiger partial charge in [-0.25, -0.2) is 9.97 Å². The Morgan fingerprint density at radius 1 is 1.25 bits per heavy atom. The molecule has 0 spiro atoms. The molecule has 0 bridgehead atoms. The van der Waals surface area contributed by atoms with Gasteiger partial charge < -0.3 is 5.73 Å². The number of anilines is 1. The minimum absolute atomic E-state index is 0.561. The van der Waals surface area contributed by atoms with Crippen LogP contribution in [0.4, 0.5) is 5.82 Å². The Hall–Kier alpha value is -0.690. The van der Waals surface area contributed by atoms with Gasteiger partial charge in [0.05, 0.1) is 9.26 Å². The number of aromatic nitrogens is 2. The average molecular weight is 399 g/mol. The highest BCUT2D eigenvalue weighted by atomic mass is 127. The summed E-state index contributed by atoms with van der Waals surface area (Å²) in [6, 6.07) is 2.17. The first kappa shape index (κ1) is 14.3. The van der Waals surface area contributed by atoms with Crippen LogP contribution in [-0.2, 0) is 0 Å². The average Bonchev–Trinajstić information content (AvgIpc) is 3.02. The molecular weight excluding hydrogens is 381 g/mol. The lowest BCUT2D eigenvalue weighted by Gasteiger charge is -2.13. The number of hydrogen-bond acceptors (Lipinski definition) is 4. The van der Waals surface area contributed by atoms with Gasteiger partial charge in [-0.3, -0.25) is 0 Å². The molecule has 0 amide bonds. The predicted molar refractivity (Wildman–Crippen MR) is 93.2 cm³/mol. The number of nitrogen functional groups attached to an aromatic ring is 1. The highest BCUT2D eigenvalue weighted by Gasteiger charge is 2.24.